The highest BCUT2D eigenvalue weighted by molar-refractivity contribution is 9.09. The molecule has 3 amide bonds. The summed E-state index contributed by atoms with van der Waals surface area (Å²) in [6.07, 6.45) is 0.641. The molecule has 11 heteroatoms. The summed E-state index contributed by atoms with van der Waals surface area (Å²) in [4.78, 5) is 43.6. The molecule has 4 heterocycles. The zero-order valence-electron chi connectivity index (χ0n) is 17.9. The summed E-state index contributed by atoms with van der Waals surface area (Å²) >= 11 is 5.31. The largest absolute Gasteiger partial charge is 0.394 e. The Balaban J connectivity index is 1.57. The van der Waals surface area contributed by atoms with Crippen molar-refractivity contribution in [1.29, 1.82) is 0 Å². The summed E-state index contributed by atoms with van der Waals surface area (Å²) in [5, 5.41) is 15.5. The van der Waals surface area contributed by atoms with Gasteiger partial charge >= 0.3 is 0 Å². The lowest BCUT2D eigenvalue weighted by atomic mass is 9.70. The number of rotatable bonds is 7. The zero-order valence-corrected chi connectivity index (χ0v) is 20.3. The van der Waals surface area contributed by atoms with E-state index in [-0.39, 0.29) is 34.4 Å². The van der Waals surface area contributed by atoms with Crippen molar-refractivity contribution in [3.63, 3.8) is 0 Å². The summed E-state index contributed by atoms with van der Waals surface area (Å²) in [5.41, 5.74) is 0. The minimum absolute atomic E-state index is 0.0517. The first-order valence-electron chi connectivity index (χ1n) is 10.9. The maximum atomic E-state index is 13.5. The molecule has 174 valence electrons. The van der Waals surface area contributed by atoms with E-state index < -0.39 is 28.7 Å². The lowest BCUT2D eigenvalue weighted by molar-refractivity contribution is -0.142. The van der Waals surface area contributed by atoms with Gasteiger partial charge in [-0.15, -0.1) is 11.8 Å². The Labute approximate surface area is 195 Å². The Kier molecular flexibility index (Phi) is 6.88. The predicted octanol–water partition coefficient (Wildman–Crippen LogP) is -0.974. The van der Waals surface area contributed by atoms with Gasteiger partial charge < -0.3 is 25.4 Å². The van der Waals surface area contributed by atoms with Crippen molar-refractivity contribution in [2.24, 2.45) is 11.8 Å². The molecule has 0 aromatic heterocycles. The van der Waals surface area contributed by atoms with Gasteiger partial charge in [0.05, 0.1) is 42.4 Å². The molecule has 4 saturated heterocycles. The van der Waals surface area contributed by atoms with E-state index in [4.69, 9.17) is 4.74 Å². The van der Waals surface area contributed by atoms with Gasteiger partial charge in [0.25, 0.3) is 0 Å². The number of nitrogens with one attached hydrogen (secondary N) is 2. The molecule has 3 N–H and O–H groups in total. The number of alkyl halides is 1. The van der Waals surface area contributed by atoms with E-state index in [0.717, 1.165) is 19.6 Å². The van der Waals surface area contributed by atoms with Crippen LogP contribution in [0.2, 0.25) is 0 Å². The summed E-state index contributed by atoms with van der Waals surface area (Å²) in [7, 11) is 1.58. The van der Waals surface area contributed by atoms with Crippen LogP contribution >= 0.6 is 27.7 Å². The van der Waals surface area contributed by atoms with Gasteiger partial charge in [0.2, 0.25) is 17.7 Å². The number of hydrogen-bond acceptors (Lipinski definition) is 7. The smallest absolute Gasteiger partial charge is 0.244 e. The van der Waals surface area contributed by atoms with Gasteiger partial charge in [0.15, 0.2) is 0 Å². The molecule has 4 rings (SSSR count). The third-order valence-corrected chi connectivity index (χ3v) is 10.3. The van der Waals surface area contributed by atoms with Crippen LogP contribution in [0.15, 0.2) is 0 Å². The first-order chi connectivity index (χ1) is 14.9. The Morgan fingerprint density at radius 3 is 2.71 bits per heavy atom. The van der Waals surface area contributed by atoms with Gasteiger partial charge in [-0.1, -0.05) is 15.9 Å². The monoisotopic (exact) mass is 518 g/mol. The van der Waals surface area contributed by atoms with Crippen molar-refractivity contribution in [3.05, 3.63) is 0 Å². The molecule has 0 radical (unpaired) electrons. The van der Waals surface area contributed by atoms with Gasteiger partial charge in [0, 0.05) is 43.3 Å². The van der Waals surface area contributed by atoms with E-state index in [9.17, 15) is 19.5 Å². The standard InChI is InChI=1S/C20H31BrN4O5S/c1-11(10-26)25-16(18(28)23-3-4-24-5-7-30-8-6-24)20-9-12(21)15(31-20)13(17(27)22-2)14(20)19(25)29/h11-16,26H,3-10H2,1-2H3,(H,22,27)(H,23,28)/t11-,12?,13+,14+,15+,16?,20?/m1/s1. The van der Waals surface area contributed by atoms with Crippen molar-refractivity contribution < 1.29 is 24.2 Å². The number of aliphatic hydroxyl groups is 1. The highest BCUT2D eigenvalue weighted by Crippen LogP contribution is 2.67. The number of aliphatic hydroxyl groups excluding tert-OH is 1. The van der Waals surface area contributed by atoms with Gasteiger partial charge in [-0.3, -0.25) is 19.3 Å². The number of carbonyl (C=O) groups is 3. The van der Waals surface area contributed by atoms with E-state index >= 15 is 0 Å². The molecule has 3 unspecified atom stereocenters. The fourth-order valence-corrected chi connectivity index (χ4v) is 9.25. The van der Waals surface area contributed by atoms with Crippen LogP contribution in [0.25, 0.3) is 0 Å². The van der Waals surface area contributed by atoms with Crippen molar-refractivity contribution in [2.75, 3.05) is 53.0 Å². The highest BCUT2D eigenvalue weighted by atomic mass is 79.9. The van der Waals surface area contributed by atoms with E-state index in [1.165, 1.54) is 0 Å². The van der Waals surface area contributed by atoms with Crippen LogP contribution < -0.4 is 10.6 Å². The van der Waals surface area contributed by atoms with Crippen molar-refractivity contribution in [3.8, 4) is 0 Å². The minimum Gasteiger partial charge on any atom is -0.394 e. The van der Waals surface area contributed by atoms with Crippen molar-refractivity contribution >= 4 is 45.4 Å². The quantitative estimate of drug-likeness (QED) is 0.371. The summed E-state index contributed by atoms with van der Waals surface area (Å²) in [5.74, 6) is -1.60. The highest BCUT2D eigenvalue weighted by Gasteiger charge is 2.75. The Morgan fingerprint density at radius 1 is 1.35 bits per heavy atom. The Hall–Kier alpha value is -0.880. The molecule has 0 aromatic rings. The second-order valence-electron chi connectivity index (χ2n) is 8.80. The summed E-state index contributed by atoms with van der Waals surface area (Å²) < 4.78 is 4.70. The number of fused-ring (bicyclic) bond motifs is 1. The molecular weight excluding hydrogens is 488 g/mol. The number of ether oxygens (including phenoxy) is 1. The first-order valence-corrected chi connectivity index (χ1v) is 12.7. The van der Waals surface area contributed by atoms with E-state index in [0.29, 0.717) is 26.2 Å². The Bertz CT molecular complexity index is 738. The zero-order chi connectivity index (χ0) is 22.3. The van der Waals surface area contributed by atoms with Crippen LogP contribution in [0, 0.1) is 11.8 Å². The lowest BCUT2D eigenvalue weighted by Gasteiger charge is -2.36. The second kappa shape index (κ2) is 9.17. The predicted molar refractivity (Wildman–Crippen MR) is 120 cm³/mol. The molecule has 31 heavy (non-hydrogen) atoms. The van der Waals surface area contributed by atoms with Crippen LogP contribution in [-0.4, -0.2) is 113 Å². The molecule has 9 nitrogen and oxygen atoms in total. The Morgan fingerprint density at radius 2 is 2.06 bits per heavy atom. The maximum Gasteiger partial charge on any atom is 0.244 e. The SMILES string of the molecule is CNC(=O)[C@H]1[C@H]2C(=O)N([C@H](C)CO)C(C(=O)NCCN3CCOCC3)C23CC(Br)[C@@H]1S3. The van der Waals surface area contributed by atoms with E-state index in [1.54, 1.807) is 30.6 Å². The molecule has 7 atom stereocenters. The van der Waals surface area contributed by atoms with Gasteiger partial charge in [-0.2, -0.15) is 0 Å². The van der Waals surface area contributed by atoms with Crippen LogP contribution in [0.1, 0.15) is 13.3 Å². The number of halogens is 1. The summed E-state index contributed by atoms with van der Waals surface area (Å²) in [6.45, 7) is 5.80. The topological polar surface area (TPSA) is 111 Å². The van der Waals surface area contributed by atoms with Gasteiger partial charge in [-0.25, -0.2) is 0 Å². The molecule has 4 aliphatic rings. The van der Waals surface area contributed by atoms with Crippen molar-refractivity contribution in [2.45, 2.75) is 40.3 Å². The normalized spacial score (nSPS) is 38.3. The number of hydrogen-bond donors (Lipinski definition) is 3. The third-order valence-electron chi connectivity index (χ3n) is 7.09. The molecule has 4 aliphatic heterocycles. The molecule has 0 saturated carbocycles. The average Bonchev–Trinajstić information content (AvgIpc) is 3.36. The molecule has 4 fully saturated rings. The number of carbonyl (C=O) groups excluding carboxylic acids is 3. The van der Waals surface area contributed by atoms with E-state index in [2.05, 4.69) is 31.5 Å². The molecule has 2 bridgehead atoms. The number of amides is 3. The molecule has 1 spiro atoms. The van der Waals surface area contributed by atoms with Crippen LogP contribution in [0.4, 0.5) is 0 Å². The fraction of sp³-hybridized carbons (Fsp3) is 0.850. The fourth-order valence-electron chi connectivity index (χ4n) is 5.65. The number of likely N-dealkylation sites (tertiary alicyclic amines) is 1. The van der Waals surface area contributed by atoms with Crippen LogP contribution in [-0.2, 0) is 19.1 Å². The number of morpholine rings is 1. The average molecular weight is 519 g/mol. The number of thioether (sulfide) groups is 1. The first kappa shape index (κ1) is 23.3. The number of nitrogens with zero attached hydrogens (tertiary/aromatic N) is 2. The van der Waals surface area contributed by atoms with Crippen LogP contribution in [0.3, 0.4) is 0 Å². The van der Waals surface area contributed by atoms with Gasteiger partial charge in [-0.05, 0) is 13.3 Å². The molecular formula is C20H31BrN4O5S. The molecule has 0 aromatic carbocycles. The van der Waals surface area contributed by atoms with Crippen LogP contribution in [0.5, 0.6) is 0 Å². The van der Waals surface area contributed by atoms with Crippen molar-refractivity contribution in [1.82, 2.24) is 20.4 Å². The summed E-state index contributed by atoms with van der Waals surface area (Å²) in [6, 6.07) is -1.21. The minimum atomic E-state index is -0.707. The third kappa shape index (κ3) is 3.80. The lowest BCUT2D eigenvalue weighted by Crippen LogP contribution is -2.57. The maximum absolute atomic E-state index is 13.5. The molecule has 0 aliphatic carbocycles. The van der Waals surface area contributed by atoms with E-state index in [1.807, 2.05) is 0 Å². The second-order valence-corrected chi connectivity index (χ2v) is 11.5. The van der Waals surface area contributed by atoms with Gasteiger partial charge in [0.1, 0.15) is 6.04 Å².